The van der Waals surface area contributed by atoms with E-state index >= 15 is 0 Å². The van der Waals surface area contributed by atoms with E-state index in [1.165, 1.54) is 19.3 Å². The van der Waals surface area contributed by atoms with E-state index in [-0.39, 0.29) is 11.9 Å². The SMILES string of the molecule is C[C@H](N)c1ccc(N(C)CC(F)(F)F)nc1. The Morgan fingerprint density at radius 1 is 1.44 bits per heavy atom. The van der Waals surface area contributed by atoms with E-state index in [2.05, 4.69) is 4.98 Å². The molecular weight excluding hydrogens is 219 g/mol. The standard InChI is InChI=1S/C10H14F3N3/c1-7(14)8-3-4-9(15-5-8)16(2)6-10(11,12)13/h3-5,7H,6,14H2,1-2H3/t7-/m0/s1. The fourth-order valence-electron chi connectivity index (χ4n) is 1.24. The van der Waals surface area contributed by atoms with Crippen LogP contribution in [0.1, 0.15) is 18.5 Å². The van der Waals surface area contributed by atoms with Gasteiger partial charge in [-0.25, -0.2) is 4.98 Å². The highest BCUT2D eigenvalue weighted by Gasteiger charge is 2.29. The van der Waals surface area contributed by atoms with E-state index in [1.54, 1.807) is 13.0 Å². The Morgan fingerprint density at radius 3 is 2.44 bits per heavy atom. The molecule has 0 bridgehead atoms. The summed E-state index contributed by atoms with van der Waals surface area (Å²) in [7, 11) is 1.35. The summed E-state index contributed by atoms with van der Waals surface area (Å²) < 4.78 is 36.3. The van der Waals surface area contributed by atoms with Crippen molar-refractivity contribution < 1.29 is 13.2 Å². The van der Waals surface area contributed by atoms with Crippen molar-refractivity contribution in [3.63, 3.8) is 0 Å². The molecule has 0 radical (unpaired) electrons. The number of nitrogens with two attached hydrogens (primary N) is 1. The average molecular weight is 233 g/mol. The van der Waals surface area contributed by atoms with Crippen molar-refractivity contribution in [2.24, 2.45) is 5.73 Å². The predicted octanol–water partition coefficient (Wildman–Crippen LogP) is 2.10. The minimum atomic E-state index is -4.23. The number of halogens is 3. The molecule has 0 saturated carbocycles. The molecule has 1 heterocycles. The van der Waals surface area contributed by atoms with Gasteiger partial charge in [0.15, 0.2) is 0 Å². The minimum Gasteiger partial charge on any atom is -0.351 e. The van der Waals surface area contributed by atoms with Crippen LogP contribution in [-0.2, 0) is 0 Å². The Morgan fingerprint density at radius 2 is 2.06 bits per heavy atom. The topological polar surface area (TPSA) is 42.1 Å². The Labute approximate surface area is 92.1 Å². The van der Waals surface area contributed by atoms with Gasteiger partial charge in [-0.2, -0.15) is 13.2 Å². The Hall–Kier alpha value is -1.30. The lowest BCUT2D eigenvalue weighted by atomic mass is 10.1. The Balaban J connectivity index is 2.74. The lowest BCUT2D eigenvalue weighted by Crippen LogP contribution is -2.31. The molecule has 1 atom stereocenters. The monoisotopic (exact) mass is 233 g/mol. The van der Waals surface area contributed by atoms with Crippen LogP contribution in [0.4, 0.5) is 19.0 Å². The van der Waals surface area contributed by atoms with Crippen LogP contribution in [-0.4, -0.2) is 24.8 Å². The summed E-state index contributed by atoms with van der Waals surface area (Å²) in [6.07, 6.45) is -2.73. The first kappa shape index (κ1) is 12.8. The van der Waals surface area contributed by atoms with Crippen LogP contribution >= 0.6 is 0 Å². The molecule has 6 heteroatoms. The van der Waals surface area contributed by atoms with Crippen molar-refractivity contribution in [2.45, 2.75) is 19.1 Å². The first-order valence-electron chi connectivity index (χ1n) is 4.79. The largest absolute Gasteiger partial charge is 0.405 e. The number of hydrogen-bond acceptors (Lipinski definition) is 3. The lowest BCUT2D eigenvalue weighted by Gasteiger charge is -2.20. The summed E-state index contributed by atoms with van der Waals surface area (Å²) in [5, 5.41) is 0. The second-order valence-electron chi connectivity index (χ2n) is 3.71. The van der Waals surface area contributed by atoms with Gasteiger partial charge in [-0.1, -0.05) is 6.07 Å². The number of hydrogen-bond donors (Lipinski definition) is 1. The molecule has 0 amide bonds. The molecule has 16 heavy (non-hydrogen) atoms. The quantitative estimate of drug-likeness (QED) is 0.869. The molecule has 2 N–H and O–H groups in total. The van der Waals surface area contributed by atoms with Gasteiger partial charge in [-0.3, -0.25) is 0 Å². The fraction of sp³-hybridized carbons (Fsp3) is 0.500. The normalized spacial score (nSPS) is 13.6. The predicted molar refractivity (Wildman–Crippen MR) is 56.2 cm³/mol. The van der Waals surface area contributed by atoms with Crippen LogP contribution < -0.4 is 10.6 Å². The van der Waals surface area contributed by atoms with E-state index in [0.717, 1.165) is 10.5 Å². The van der Waals surface area contributed by atoms with Gasteiger partial charge in [-0.05, 0) is 18.6 Å². The molecular formula is C10H14F3N3. The van der Waals surface area contributed by atoms with Gasteiger partial charge in [0.05, 0.1) is 0 Å². The molecule has 90 valence electrons. The summed E-state index contributed by atoms with van der Waals surface area (Å²) in [6, 6.07) is 3.04. The van der Waals surface area contributed by atoms with Crippen molar-refractivity contribution in [1.82, 2.24) is 4.98 Å². The van der Waals surface area contributed by atoms with Crippen LogP contribution in [0.25, 0.3) is 0 Å². The summed E-state index contributed by atoms with van der Waals surface area (Å²) in [5.41, 5.74) is 6.40. The van der Waals surface area contributed by atoms with E-state index in [9.17, 15) is 13.2 Å². The van der Waals surface area contributed by atoms with Crippen LogP contribution in [0.3, 0.4) is 0 Å². The van der Waals surface area contributed by atoms with Gasteiger partial charge in [-0.15, -0.1) is 0 Å². The number of aromatic nitrogens is 1. The highest BCUT2D eigenvalue weighted by molar-refractivity contribution is 5.38. The summed E-state index contributed by atoms with van der Waals surface area (Å²) >= 11 is 0. The van der Waals surface area contributed by atoms with E-state index in [4.69, 9.17) is 5.73 Å². The molecule has 0 fully saturated rings. The second kappa shape index (κ2) is 4.69. The number of anilines is 1. The van der Waals surface area contributed by atoms with Crippen molar-refractivity contribution in [3.8, 4) is 0 Å². The minimum absolute atomic E-state index is 0.172. The molecule has 1 rings (SSSR count). The zero-order valence-electron chi connectivity index (χ0n) is 9.12. The number of rotatable bonds is 3. The van der Waals surface area contributed by atoms with Gasteiger partial charge >= 0.3 is 6.18 Å². The summed E-state index contributed by atoms with van der Waals surface area (Å²) in [6.45, 7) is 0.771. The average Bonchev–Trinajstić information content (AvgIpc) is 2.15. The van der Waals surface area contributed by atoms with Gasteiger partial charge in [0, 0.05) is 19.3 Å². The Kier molecular flexibility index (Phi) is 3.74. The van der Waals surface area contributed by atoms with Crippen molar-refractivity contribution in [1.29, 1.82) is 0 Å². The van der Waals surface area contributed by atoms with Gasteiger partial charge in [0.1, 0.15) is 12.4 Å². The van der Waals surface area contributed by atoms with Crippen LogP contribution in [0.15, 0.2) is 18.3 Å². The van der Waals surface area contributed by atoms with Crippen LogP contribution in [0.5, 0.6) is 0 Å². The van der Waals surface area contributed by atoms with Crippen molar-refractivity contribution in [2.75, 3.05) is 18.5 Å². The molecule has 0 aliphatic carbocycles. The maximum Gasteiger partial charge on any atom is 0.405 e. The lowest BCUT2D eigenvalue weighted by molar-refractivity contribution is -0.119. The maximum absolute atomic E-state index is 12.1. The highest BCUT2D eigenvalue weighted by Crippen LogP contribution is 2.20. The van der Waals surface area contributed by atoms with Crippen molar-refractivity contribution in [3.05, 3.63) is 23.9 Å². The zero-order valence-corrected chi connectivity index (χ0v) is 9.12. The second-order valence-corrected chi connectivity index (χ2v) is 3.71. The fourth-order valence-corrected chi connectivity index (χ4v) is 1.24. The molecule has 3 nitrogen and oxygen atoms in total. The van der Waals surface area contributed by atoms with E-state index < -0.39 is 12.7 Å². The third-order valence-electron chi connectivity index (χ3n) is 2.10. The molecule has 1 aromatic rings. The van der Waals surface area contributed by atoms with Gasteiger partial charge in [0.25, 0.3) is 0 Å². The van der Waals surface area contributed by atoms with Crippen molar-refractivity contribution >= 4 is 5.82 Å². The number of nitrogens with zero attached hydrogens (tertiary/aromatic N) is 2. The highest BCUT2D eigenvalue weighted by atomic mass is 19.4. The molecule has 0 unspecified atom stereocenters. The third kappa shape index (κ3) is 3.69. The van der Waals surface area contributed by atoms with E-state index in [1.807, 2.05) is 0 Å². The summed E-state index contributed by atoms with van der Waals surface area (Å²) in [5.74, 6) is 0.279. The molecule has 0 saturated heterocycles. The van der Waals surface area contributed by atoms with Crippen LogP contribution in [0.2, 0.25) is 0 Å². The number of pyridine rings is 1. The smallest absolute Gasteiger partial charge is 0.351 e. The summed E-state index contributed by atoms with van der Waals surface area (Å²) in [4.78, 5) is 4.98. The van der Waals surface area contributed by atoms with Crippen LogP contribution in [0, 0.1) is 0 Å². The molecule has 1 aromatic heterocycles. The first-order chi connectivity index (χ1) is 7.29. The zero-order chi connectivity index (χ0) is 12.3. The third-order valence-corrected chi connectivity index (χ3v) is 2.10. The Bertz CT molecular complexity index is 332. The molecule has 0 spiro atoms. The van der Waals surface area contributed by atoms with E-state index in [0.29, 0.717) is 0 Å². The molecule has 0 aliphatic heterocycles. The first-order valence-corrected chi connectivity index (χ1v) is 4.79. The number of alkyl halides is 3. The molecule has 0 aliphatic rings. The maximum atomic E-state index is 12.1. The molecule has 0 aromatic carbocycles. The van der Waals surface area contributed by atoms with Gasteiger partial charge < -0.3 is 10.6 Å². The van der Waals surface area contributed by atoms with Gasteiger partial charge in [0.2, 0.25) is 0 Å².